The second-order valence-corrected chi connectivity index (χ2v) is 9.31. The Labute approximate surface area is 168 Å². The number of amides is 2. The minimum absolute atomic E-state index is 0.160. The van der Waals surface area contributed by atoms with Crippen molar-refractivity contribution in [2.45, 2.75) is 29.8 Å². The number of hydrogen-bond acceptors (Lipinski definition) is 5. The van der Waals surface area contributed by atoms with Gasteiger partial charge in [-0.05, 0) is 43.0 Å². The molecule has 2 N–H and O–H groups in total. The summed E-state index contributed by atoms with van der Waals surface area (Å²) >= 11 is 0. The van der Waals surface area contributed by atoms with Crippen molar-refractivity contribution in [2.24, 2.45) is 5.92 Å². The highest BCUT2D eigenvalue weighted by Crippen LogP contribution is 2.39. The van der Waals surface area contributed by atoms with Crippen LogP contribution in [0.5, 0.6) is 11.5 Å². The van der Waals surface area contributed by atoms with Gasteiger partial charge in [-0.3, -0.25) is 0 Å². The van der Waals surface area contributed by atoms with Crippen molar-refractivity contribution >= 4 is 21.7 Å². The third-order valence-corrected chi connectivity index (χ3v) is 7.23. The first-order valence-electron chi connectivity index (χ1n) is 9.54. The van der Waals surface area contributed by atoms with Crippen LogP contribution in [0, 0.1) is 5.92 Å². The van der Waals surface area contributed by atoms with E-state index in [0.29, 0.717) is 29.6 Å². The summed E-state index contributed by atoms with van der Waals surface area (Å²) in [4.78, 5) is 14.8. The molecular weight excluding hydrogens is 394 g/mol. The maximum Gasteiger partial charge on any atom is 0.322 e. The molecular formula is C20H21N3O5S. The van der Waals surface area contributed by atoms with Gasteiger partial charge in [0.05, 0.1) is 10.9 Å². The van der Waals surface area contributed by atoms with Crippen molar-refractivity contribution < 1.29 is 22.7 Å². The molecule has 2 aromatic carbocycles. The number of fused-ring (bicyclic) bond motifs is 3. The van der Waals surface area contributed by atoms with Crippen molar-refractivity contribution in [3.8, 4) is 11.5 Å². The number of anilines is 1. The van der Waals surface area contributed by atoms with Crippen LogP contribution in [0.2, 0.25) is 0 Å². The van der Waals surface area contributed by atoms with Crippen LogP contribution in [0.3, 0.4) is 0 Å². The van der Waals surface area contributed by atoms with E-state index >= 15 is 0 Å². The van der Waals surface area contributed by atoms with E-state index < -0.39 is 10.0 Å². The zero-order valence-electron chi connectivity index (χ0n) is 15.6. The van der Waals surface area contributed by atoms with Crippen LogP contribution in [-0.4, -0.2) is 44.8 Å². The summed E-state index contributed by atoms with van der Waals surface area (Å²) in [5, 5.41) is 2.89. The second kappa shape index (κ2) is 6.93. The van der Waals surface area contributed by atoms with Crippen LogP contribution in [0.1, 0.15) is 12.8 Å². The highest BCUT2D eigenvalue weighted by atomic mass is 32.2. The molecule has 9 heteroatoms. The number of nitrogens with zero attached hydrogens (tertiary/aromatic N) is 1. The molecule has 1 saturated heterocycles. The molecule has 1 saturated carbocycles. The molecule has 0 spiro atoms. The van der Waals surface area contributed by atoms with Gasteiger partial charge in [0, 0.05) is 24.3 Å². The van der Waals surface area contributed by atoms with Gasteiger partial charge in [0.25, 0.3) is 0 Å². The number of piperidine rings is 1. The van der Waals surface area contributed by atoms with Crippen molar-refractivity contribution in [3.63, 3.8) is 0 Å². The maximum atomic E-state index is 12.9. The van der Waals surface area contributed by atoms with Gasteiger partial charge in [-0.1, -0.05) is 18.2 Å². The molecule has 0 aromatic heterocycles. The van der Waals surface area contributed by atoms with E-state index in [2.05, 4.69) is 10.0 Å². The number of hydrogen-bond donors (Lipinski definition) is 2. The number of carbonyl (C=O) groups is 1. The van der Waals surface area contributed by atoms with Crippen LogP contribution in [0.15, 0.2) is 53.4 Å². The molecule has 1 aliphatic carbocycles. The molecule has 2 bridgehead atoms. The number of benzene rings is 2. The summed E-state index contributed by atoms with van der Waals surface area (Å²) < 4.78 is 38.8. The van der Waals surface area contributed by atoms with Crippen molar-refractivity contribution in [1.29, 1.82) is 0 Å². The third-order valence-electron chi connectivity index (χ3n) is 5.73. The monoisotopic (exact) mass is 415 g/mol. The summed E-state index contributed by atoms with van der Waals surface area (Å²) in [6, 6.07) is 12.9. The third kappa shape index (κ3) is 3.40. The molecule has 2 amide bonds. The zero-order chi connectivity index (χ0) is 20.0. The van der Waals surface area contributed by atoms with Crippen molar-refractivity contribution in [3.05, 3.63) is 48.5 Å². The first-order valence-corrected chi connectivity index (χ1v) is 11.0. The zero-order valence-corrected chi connectivity index (χ0v) is 16.4. The van der Waals surface area contributed by atoms with Crippen LogP contribution >= 0.6 is 0 Å². The van der Waals surface area contributed by atoms with Gasteiger partial charge in [-0.25, -0.2) is 17.9 Å². The summed E-state index contributed by atoms with van der Waals surface area (Å²) in [7, 11) is -3.62. The average molecular weight is 415 g/mol. The Morgan fingerprint density at radius 2 is 1.83 bits per heavy atom. The molecule has 3 aliphatic rings. The predicted molar refractivity (Wildman–Crippen MR) is 105 cm³/mol. The van der Waals surface area contributed by atoms with Crippen LogP contribution in [0.4, 0.5) is 10.5 Å². The lowest BCUT2D eigenvalue weighted by Gasteiger charge is -2.33. The molecule has 2 aromatic rings. The van der Waals surface area contributed by atoms with Crippen molar-refractivity contribution in [2.75, 3.05) is 18.7 Å². The van der Waals surface area contributed by atoms with E-state index in [-0.39, 0.29) is 29.8 Å². The number of urea groups is 1. The highest BCUT2D eigenvalue weighted by molar-refractivity contribution is 7.89. The molecule has 2 fully saturated rings. The van der Waals surface area contributed by atoms with Gasteiger partial charge in [-0.2, -0.15) is 0 Å². The maximum absolute atomic E-state index is 12.9. The standard InChI is InChI=1S/C20H21N3O5S/c24-20(21-14-6-7-18-19(10-14)28-12-27-18)23-11-13-8-16(17(23)9-13)22-29(25,26)15-4-2-1-3-5-15/h1-7,10,13,16-17,22H,8-9,11-12H2,(H,21,24). The smallest absolute Gasteiger partial charge is 0.322 e. The molecule has 8 nitrogen and oxygen atoms in total. The predicted octanol–water partition coefficient (Wildman–Crippen LogP) is 2.39. The lowest BCUT2D eigenvalue weighted by Crippen LogP contribution is -2.52. The van der Waals surface area contributed by atoms with Gasteiger partial charge in [0.15, 0.2) is 11.5 Å². The Morgan fingerprint density at radius 1 is 1.03 bits per heavy atom. The fraction of sp³-hybridized carbons (Fsp3) is 0.350. The van der Waals surface area contributed by atoms with E-state index in [1.807, 2.05) is 0 Å². The molecule has 3 atom stereocenters. The van der Waals surface area contributed by atoms with Crippen molar-refractivity contribution in [1.82, 2.24) is 9.62 Å². The first-order chi connectivity index (χ1) is 14.0. The van der Waals surface area contributed by atoms with Gasteiger partial charge in [0.1, 0.15) is 0 Å². The Balaban J connectivity index is 1.28. The number of rotatable bonds is 4. The second-order valence-electron chi connectivity index (χ2n) is 7.60. The molecule has 3 unspecified atom stereocenters. The molecule has 5 rings (SSSR count). The average Bonchev–Trinajstić information content (AvgIpc) is 3.43. The highest BCUT2D eigenvalue weighted by Gasteiger charge is 2.48. The summed E-state index contributed by atoms with van der Waals surface area (Å²) in [5.41, 5.74) is 0.614. The largest absolute Gasteiger partial charge is 0.454 e. The Kier molecular flexibility index (Phi) is 4.36. The number of nitrogens with one attached hydrogen (secondary N) is 2. The minimum atomic E-state index is -3.62. The number of sulfonamides is 1. The first kappa shape index (κ1) is 18.3. The van der Waals surface area contributed by atoms with Gasteiger partial charge in [-0.15, -0.1) is 0 Å². The van der Waals surface area contributed by atoms with Gasteiger partial charge < -0.3 is 19.7 Å². The van der Waals surface area contributed by atoms with Crippen LogP contribution in [0.25, 0.3) is 0 Å². The number of likely N-dealkylation sites (tertiary alicyclic amines) is 1. The molecule has 29 heavy (non-hydrogen) atoms. The SMILES string of the molecule is O=C(Nc1ccc2c(c1)OCO2)N1CC2CC(NS(=O)(=O)c3ccccc3)C1C2. The van der Waals surface area contributed by atoms with E-state index in [1.54, 1.807) is 53.4 Å². The minimum Gasteiger partial charge on any atom is -0.454 e. The summed E-state index contributed by atoms with van der Waals surface area (Å²) in [6.07, 6.45) is 1.54. The molecule has 152 valence electrons. The normalized spacial score (nSPS) is 24.7. The van der Waals surface area contributed by atoms with Crippen LogP contribution < -0.4 is 19.5 Å². The molecule has 2 heterocycles. The Morgan fingerprint density at radius 3 is 2.62 bits per heavy atom. The number of carbonyl (C=O) groups excluding carboxylic acids is 1. The summed E-state index contributed by atoms with van der Waals surface area (Å²) in [5.74, 6) is 1.55. The Bertz CT molecular complexity index is 1040. The number of ether oxygens (including phenoxy) is 2. The lowest BCUT2D eigenvalue weighted by molar-refractivity contribution is 0.174. The fourth-order valence-electron chi connectivity index (χ4n) is 4.42. The fourth-order valence-corrected chi connectivity index (χ4v) is 5.73. The Hall–Kier alpha value is -2.78. The van der Waals surface area contributed by atoms with Crippen LogP contribution in [-0.2, 0) is 10.0 Å². The quantitative estimate of drug-likeness (QED) is 0.799. The van der Waals surface area contributed by atoms with Gasteiger partial charge in [0.2, 0.25) is 16.8 Å². The summed E-state index contributed by atoms with van der Waals surface area (Å²) in [6.45, 7) is 0.802. The lowest BCUT2D eigenvalue weighted by atomic mass is 10.1. The molecule has 2 aliphatic heterocycles. The topological polar surface area (TPSA) is 97.0 Å². The van der Waals surface area contributed by atoms with E-state index in [1.165, 1.54) is 0 Å². The van der Waals surface area contributed by atoms with Gasteiger partial charge >= 0.3 is 6.03 Å². The molecule has 0 radical (unpaired) electrons. The van der Waals surface area contributed by atoms with E-state index in [0.717, 1.165) is 12.8 Å². The van der Waals surface area contributed by atoms with E-state index in [9.17, 15) is 13.2 Å². The van der Waals surface area contributed by atoms with E-state index in [4.69, 9.17) is 9.47 Å².